The van der Waals surface area contributed by atoms with Crippen LogP contribution < -0.4 is 10.6 Å². The molecular weight excluding hydrogens is 396 g/mol. The number of hydrogen-bond acceptors (Lipinski definition) is 6. The monoisotopic (exact) mass is 432 g/mol. The van der Waals surface area contributed by atoms with Gasteiger partial charge in [-0.2, -0.15) is 0 Å². The molecule has 2 N–H and O–H groups in total. The number of guanidine groups is 1. The van der Waals surface area contributed by atoms with Gasteiger partial charge >= 0.3 is 0 Å². The Bertz CT molecular complexity index is 716. The van der Waals surface area contributed by atoms with E-state index in [4.69, 9.17) is 0 Å². The molecular formula is C18H36N6O2S2. The minimum absolute atomic E-state index is 0.0332. The highest BCUT2D eigenvalue weighted by Gasteiger charge is 2.13. The van der Waals surface area contributed by atoms with Gasteiger partial charge in [0, 0.05) is 38.4 Å². The van der Waals surface area contributed by atoms with E-state index in [0.717, 1.165) is 42.9 Å². The van der Waals surface area contributed by atoms with Crippen molar-refractivity contribution in [2.75, 3.05) is 31.4 Å². The summed E-state index contributed by atoms with van der Waals surface area (Å²) in [6.07, 6.45) is 5.54. The second-order valence-corrected chi connectivity index (χ2v) is 10.5. The molecule has 0 saturated heterocycles. The van der Waals surface area contributed by atoms with Crippen LogP contribution in [0.1, 0.15) is 46.4 Å². The van der Waals surface area contributed by atoms with Crippen LogP contribution in [0.3, 0.4) is 0 Å². The van der Waals surface area contributed by atoms with Gasteiger partial charge in [0.1, 0.15) is 15.7 Å². The predicted octanol–water partition coefficient (Wildman–Crippen LogP) is 1.97. The van der Waals surface area contributed by atoms with Crippen LogP contribution in [-0.2, 0) is 22.8 Å². The van der Waals surface area contributed by atoms with Crippen molar-refractivity contribution in [2.24, 2.45) is 10.9 Å². The topological polar surface area (TPSA) is 101 Å². The lowest BCUT2D eigenvalue weighted by atomic mass is 10.2. The smallest absolute Gasteiger partial charge is 0.191 e. The maximum Gasteiger partial charge on any atom is 0.191 e. The van der Waals surface area contributed by atoms with E-state index in [1.165, 1.54) is 6.26 Å². The summed E-state index contributed by atoms with van der Waals surface area (Å²) in [6.45, 7) is 10.7. The number of nitrogens with one attached hydrogen (secondary N) is 2. The van der Waals surface area contributed by atoms with Crippen molar-refractivity contribution in [2.45, 2.75) is 64.7 Å². The van der Waals surface area contributed by atoms with Crippen LogP contribution in [0.4, 0.5) is 0 Å². The number of aliphatic imine (C=N–C) groups is 1. The first-order valence-corrected chi connectivity index (χ1v) is 13.1. The van der Waals surface area contributed by atoms with E-state index in [2.05, 4.69) is 44.2 Å². The second-order valence-electron chi connectivity index (χ2n) is 7.44. The minimum atomic E-state index is -2.95. The van der Waals surface area contributed by atoms with E-state index < -0.39 is 9.84 Å². The Morgan fingerprint density at radius 2 is 2.00 bits per heavy atom. The van der Waals surface area contributed by atoms with Crippen LogP contribution in [0.5, 0.6) is 0 Å². The molecule has 0 aliphatic heterocycles. The summed E-state index contributed by atoms with van der Waals surface area (Å²) < 4.78 is 24.8. The fourth-order valence-electron chi connectivity index (χ4n) is 2.65. The number of rotatable bonds is 12. The lowest BCUT2D eigenvalue weighted by Gasteiger charge is -2.17. The van der Waals surface area contributed by atoms with Crippen molar-refractivity contribution in [3.63, 3.8) is 0 Å². The van der Waals surface area contributed by atoms with Gasteiger partial charge in [-0.3, -0.25) is 4.99 Å². The Balaban J connectivity index is 2.59. The molecule has 162 valence electrons. The van der Waals surface area contributed by atoms with Crippen LogP contribution >= 0.6 is 11.8 Å². The second kappa shape index (κ2) is 12.3. The van der Waals surface area contributed by atoms with E-state index in [0.29, 0.717) is 18.9 Å². The summed E-state index contributed by atoms with van der Waals surface area (Å²) in [4.78, 5) is 4.61. The average molecular weight is 433 g/mol. The molecule has 1 heterocycles. The molecule has 1 aromatic heterocycles. The third-order valence-corrected chi connectivity index (χ3v) is 5.65. The summed E-state index contributed by atoms with van der Waals surface area (Å²) in [7, 11) is -2.95. The molecule has 1 rings (SSSR count). The molecule has 0 aliphatic carbocycles. The number of thioether (sulfide) groups is 1. The maximum absolute atomic E-state index is 11.3. The van der Waals surface area contributed by atoms with Gasteiger partial charge in [-0.25, -0.2) is 8.42 Å². The minimum Gasteiger partial charge on any atom is -0.357 e. The van der Waals surface area contributed by atoms with Crippen molar-refractivity contribution in [1.29, 1.82) is 0 Å². The first kappa shape index (κ1) is 24.7. The van der Waals surface area contributed by atoms with Gasteiger partial charge < -0.3 is 15.2 Å². The van der Waals surface area contributed by atoms with E-state index >= 15 is 0 Å². The number of sulfone groups is 1. The Morgan fingerprint density at radius 3 is 2.57 bits per heavy atom. The van der Waals surface area contributed by atoms with Crippen molar-refractivity contribution in [1.82, 2.24) is 25.4 Å². The average Bonchev–Trinajstić information content (AvgIpc) is 2.97. The molecule has 1 atom stereocenters. The highest BCUT2D eigenvalue weighted by molar-refractivity contribution is 7.98. The number of aromatic nitrogens is 3. The zero-order valence-corrected chi connectivity index (χ0v) is 19.7. The Hall–Kier alpha value is -1.29. The normalized spacial score (nSPS) is 13.8. The number of aryl methyl sites for hydroxylation is 1. The summed E-state index contributed by atoms with van der Waals surface area (Å²) in [5, 5.41) is 16.1. The quantitative estimate of drug-likeness (QED) is 0.225. The molecule has 10 heteroatoms. The summed E-state index contributed by atoms with van der Waals surface area (Å²) in [5.74, 6) is 2.44. The molecule has 0 fully saturated rings. The largest absolute Gasteiger partial charge is 0.357 e. The molecule has 28 heavy (non-hydrogen) atoms. The predicted molar refractivity (Wildman–Crippen MR) is 118 cm³/mol. The maximum atomic E-state index is 11.3. The van der Waals surface area contributed by atoms with E-state index in [1.807, 2.05) is 20.1 Å². The molecule has 0 amide bonds. The van der Waals surface area contributed by atoms with Gasteiger partial charge in [-0.15, -0.1) is 10.2 Å². The summed E-state index contributed by atoms with van der Waals surface area (Å²) in [5.41, 5.74) is 0. The lowest BCUT2D eigenvalue weighted by molar-refractivity contribution is 0.477. The van der Waals surface area contributed by atoms with E-state index in [9.17, 15) is 8.42 Å². The van der Waals surface area contributed by atoms with Crippen LogP contribution in [0.2, 0.25) is 0 Å². The Labute approximate surface area is 174 Å². The molecule has 8 nitrogen and oxygen atoms in total. The molecule has 1 aromatic rings. The van der Waals surface area contributed by atoms with Gasteiger partial charge in [0.25, 0.3) is 0 Å². The van der Waals surface area contributed by atoms with Crippen molar-refractivity contribution >= 4 is 27.6 Å². The fourth-order valence-corrected chi connectivity index (χ4v) is 3.95. The highest BCUT2D eigenvalue weighted by Crippen LogP contribution is 2.16. The van der Waals surface area contributed by atoms with Gasteiger partial charge in [0.2, 0.25) is 0 Å². The van der Waals surface area contributed by atoms with Gasteiger partial charge in [0.15, 0.2) is 11.1 Å². The van der Waals surface area contributed by atoms with Gasteiger partial charge in [-0.1, -0.05) is 25.6 Å². The fraction of sp³-hybridized carbons (Fsp3) is 0.833. The molecule has 0 saturated carbocycles. The first-order chi connectivity index (χ1) is 13.2. The van der Waals surface area contributed by atoms with Crippen molar-refractivity contribution < 1.29 is 8.42 Å². The first-order valence-electron chi connectivity index (χ1n) is 9.84. The number of nitrogens with zero attached hydrogens (tertiary/aromatic N) is 4. The van der Waals surface area contributed by atoms with Gasteiger partial charge in [-0.05, 0) is 38.9 Å². The Morgan fingerprint density at radius 1 is 1.29 bits per heavy atom. The number of hydrogen-bond donors (Lipinski definition) is 2. The van der Waals surface area contributed by atoms with Crippen LogP contribution in [0, 0.1) is 5.92 Å². The molecule has 0 radical (unpaired) electrons. The van der Waals surface area contributed by atoms with Gasteiger partial charge in [0.05, 0.1) is 5.75 Å². The molecule has 1 unspecified atom stereocenters. The molecule has 0 aromatic carbocycles. The van der Waals surface area contributed by atoms with E-state index in [1.54, 1.807) is 11.8 Å². The van der Waals surface area contributed by atoms with Crippen LogP contribution in [0.25, 0.3) is 0 Å². The van der Waals surface area contributed by atoms with Crippen LogP contribution in [0.15, 0.2) is 10.1 Å². The molecule has 0 aliphatic rings. The standard InChI is InChI=1S/C18H36N6O2S2/c1-7-19-17(21-15(4)10-12-28(6,25)26)20-11-8-9-16-22-23-18(27-5)24(16)13-14(2)3/h14-15H,7-13H2,1-6H3,(H2,19,20,21). The Kier molecular flexibility index (Phi) is 10.9. The SMILES string of the molecule is CCNC(=NCCCc1nnc(SC)n1CC(C)C)NC(C)CCS(C)(=O)=O. The highest BCUT2D eigenvalue weighted by atomic mass is 32.2. The zero-order valence-electron chi connectivity index (χ0n) is 18.0. The molecule has 0 bridgehead atoms. The van der Waals surface area contributed by atoms with Crippen LogP contribution in [-0.4, -0.2) is 66.5 Å². The summed E-state index contributed by atoms with van der Waals surface area (Å²) in [6, 6.07) is 0.0332. The third-order valence-electron chi connectivity index (χ3n) is 4.00. The van der Waals surface area contributed by atoms with Crippen molar-refractivity contribution in [3.05, 3.63) is 5.82 Å². The zero-order chi connectivity index (χ0) is 21.2. The van der Waals surface area contributed by atoms with Crippen molar-refractivity contribution in [3.8, 4) is 0 Å². The van der Waals surface area contributed by atoms with E-state index in [-0.39, 0.29) is 11.8 Å². The lowest BCUT2D eigenvalue weighted by Crippen LogP contribution is -2.42. The molecule has 0 spiro atoms. The summed E-state index contributed by atoms with van der Waals surface area (Å²) >= 11 is 1.62. The third kappa shape index (κ3) is 9.77.